The molecule has 1 aromatic heterocycles. The topological polar surface area (TPSA) is 100 Å². The summed E-state index contributed by atoms with van der Waals surface area (Å²) < 4.78 is 0. The van der Waals surface area contributed by atoms with Gasteiger partial charge in [0.25, 0.3) is 5.91 Å². The molecule has 1 aliphatic rings. The lowest BCUT2D eigenvalue weighted by molar-refractivity contribution is 0.0996. The summed E-state index contributed by atoms with van der Waals surface area (Å²) in [6.07, 6.45) is 3.37. The zero-order chi connectivity index (χ0) is 18.8. The molecule has 0 saturated heterocycles. The Morgan fingerprint density at radius 2 is 1.56 bits per heavy atom. The number of anilines is 2. The summed E-state index contributed by atoms with van der Waals surface area (Å²) in [7, 11) is 0. The normalized spacial score (nSPS) is 12.4. The molecule has 0 aliphatic heterocycles. The van der Waals surface area contributed by atoms with Crippen molar-refractivity contribution in [2.75, 3.05) is 10.6 Å². The van der Waals surface area contributed by atoms with E-state index in [1.54, 1.807) is 12.1 Å². The fourth-order valence-corrected chi connectivity index (χ4v) is 3.38. The highest BCUT2D eigenvalue weighted by Gasteiger charge is 2.12. The van der Waals surface area contributed by atoms with Crippen LogP contribution in [0.1, 0.15) is 28.0 Å². The second kappa shape index (κ2) is 6.99. The van der Waals surface area contributed by atoms with Gasteiger partial charge in [0.05, 0.1) is 0 Å². The third-order valence-electron chi connectivity index (χ3n) is 4.76. The van der Waals surface area contributed by atoms with E-state index in [4.69, 9.17) is 5.73 Å². The fraction of sp³-hybridized carbons (Fsp3) is 0.143. The predicted octanol–water partition coefficient (Wildman–Crippen LogP) is 3.91. The van der Waals surface area contributed by atoms with Gasteiger partial charge in [-0.1, -0.05) is 18.2 Å². The molecule has 5 N–H and O–H groups in total. The number of hydrogen-bond acceptors (Lipinski definition) is 2. The van der Waals surface area contributed by atoms with E-state index in [9.17, 15) is 9.59 Å². The zero-order valence-corrected chi connectivity index (χ0v) is 14.7. The van der Waals surface area contributed by atoms with Crippen LogP contribution in [0.4, 0.5) is 16.2 Å². The fourth-order valence-electron chi connectivity index (χ4n) is 3.38. The molecule has 136 valence electrons. The van der Waals surface area contributed by atoms with E-state index in [0.29, 0.717) is 11.4 Å². The number of H-pyrrole nitrogens is 1. The second-order valence-electron chi connectivity index (χ2n) is 6.64. The lowest BCUT2D eigenvalue weighted by Crippen LogP contribution is -2.19. The van der Waals surface area contributed by atoms with Crippen molar-refractivity contribution in [3.63, 3.8) is 0 Å². The van der Waals surface area contributed by atoms with E-state index < -0.39 is 5.91 Å². The van der Waals surface area contributed by atoms with Crippen LogP contribution in [0.15, 0.2) is 54.6 Å². The molecular formula is C21H20N4O2. The summed E-state index contributed by atoms with van der Waals surface area (Å²) in [6.45, 7) is 0. The molecule has 0 spiro atoms. The van der Waals surface area contributed by atoms with E-state index in [1.807, 2.05) is 36.4 Å². The van der Waals surface area contributed by atoms with Crippen molar-refractivity contribution in [2.45, 2.75) is 19.3 Å². The summed E-state index contributed by atoms with van der Waals surface area (Å²) in [6, 6.07) is 16.6. The number of aromatic amines is 1. The van der Waals surface area contributed by atoms with Gasteiger partial charge in [-0.3, -0.25) is 4.79 Å². The van der Waals surface area contributed by atoms with Crippen molar-refractivity contribution in [1.82, 2.24) is 4.98 Å². The Kier molecular flexibility index (Phi) is 4.38. The average Bonchev–Trinajstić information content (AvgIpc) is 3.31. The summed E-state index contributed by atoms with van der Waals surface area (Å²) in [5.41, 5.74) is 11.5. The zero-order valence-electron chi connectivity index (χ0n) is 14.7. The number of amides is 3. The van der Waals surface area contributed by atoms with Crippen molar-refractivity contribution in [3.05, 3.63) is 71.4 Å². The standard InChI is InChI=1S/C21H20N4O2/c22-20(26)19-11-10-18(25-19)14-5-7-16(8-6-14)23-21(27)24-17-9-4-13-2-1-3-15(13)12-17/h4-12,25H,1-3H2,(H2,22,26)(H2,23,24,27). The maximum atomic E-state index is 12.2. The molecule has 0 fully saturated rings. The molecule has 27 heavy (non-hydrogen) atoms. The number of hydrogen-bond donors (Lipinski definition) is 4. The van der Waals surface area contributed by atoms with Crippen LogP contribution in [0, 0.1) is 0 Å². The van der Waals surface area contributed by atoms with E-state index in [0.717, 1.165) is 29.8 Å². The van der Waals surface area contributed by atoms with Gasteiger partial charge < -0.3 is 21.4 Å². The molecular weight excluding hydrogens is 340 g/mol. The summed E-state index contributed by atoms with van der Waals surface area (Å²) >= 11 is 0. The first kappa shape index (κ1) is 16.9. The molecule has 0 unspecified atom stereocenters. The van der Waals surface area contributed by atoms with E-state index >= 15 is 0 Å². The molecule has 4 rings (SSSR count). The highest BCUT2D eigenvalue weighted by Crippen LogP contribution is 2.25. The molecule has 0 radical (unpaired) electrons. The number of urea groups is 1. The first-order valence-electron chi connectivity index (χ1n) is 8.87. The van der Waals surface area contributed by atoms with Gasteiger partial charge in [-0.15, -0.1) is 0 Å². The Morgan fingerprint density at radius 1 is 0.852 bits per heavy atom. The number of fused-ring (bicyclic) bond motifs is 1. The summed E-state index contributed by atoms with van der Waals surface area (Å²) in [4.78, 5) is 26.4. The van der Waals surface area contributed by atoms with Crippen LogP contribution >= 0.6 is 0 Å². The van der Waals surface area contributed by atoms with E-state index in [1.165, 1.54) is 17.5 Å². The lowest BCUT2D eigenvalue weighted by atomic mass is 10.1. The Labute approximate surface area is 156 Å². The van der Waals surface area contributed by atoms with Crippen LogP contribution in [-0.2, 0) is 12.8 Å². The number of carbonyl (C=O) groups excluding carboxylic acids is 2. The smallest absolute Gasteiger partial charge is 0.323 e. The van der Waals surface area contributed by atoms with Gasteiger partial charge in [0.1, 0.15) is 5.69 Å². The maximum Gasteiger partial charge on any atom is 0.323 e. The Morgan fingerprint density at radius 3 is 2.30 bits per heavy atom. The number of aromatic nitrogens is 1. The molecule has 2 aromatic carbocycles. The quantitative estimate of drug-likeness (QED) is 0.567. The molecule has 3 amide bonds. The number of nitrogens with two attached hydrogens (primary N) is 1. The number of carbonyl (C=O) groups is 2. The SMILES string of the molecule is NC(=O)c1ccc(-c2ccc(NC(=O)Nc3ccc4c(c3)CCC4)cc2)[nH]1. The third kappa shape index (κ3) is 3.69. The van der Waals surface area contributed by atoms with Crippen molar-refractivity contribution in [2.24, 2.45) is 5.73 Å². The summed E-state index contributed by atoms with van der Waals surface area (Å²) in [5, 5.41) is 5.70. The van der Waals surface area contributed by atoms with Gasteiger partial charge in [-0.2, -0.15) is 0 Å². The third-order valence-corrected chi connectivity index (χ3v) is 4.76. The molecule has 0 saturated carbocycles. The molecule has 0 atom stereocenters. The number of primary amides is 1. The largest absolute Gasteiger partial charge is 0.364 e. The van der Waals surface area contributed by atoms with Crippen LogP contribution in [0.25, 0.3) is 11.3 Å². The molecule has 1 heterocycles. The minimum absolute atomic E-state index is 0.281. The predicted molar refractivity (Wildman–Crippen MR) is 106 cm³/mol. The minimum atomic E-state index is -0.497. The van der Waals surface area contributed by atoms with Crippen LogP contribution < -0.4 is 16.4 Å². The minimum Gasteiger partial charge on any atom is -0.364 e. The molecule has 1 aliphatic carbocycles. The van der Waals surface area contributed by atoms with Crippen LogP contribution in [0.3, 0.4) is 0 Å². The Bertz CT molecular complexity index is 1010. The number of nitrogens with one attached hydrogen (secondary N) is 3. The monoisotopic (exact) mass is 360 g/mol. The summed E-state index contributed by atoms with van der Waals surface area (Å²) in [5.74, 6) is -0.497. The first-order valence-corrected chi connectivity index (χ1v) is 8.87. The van der Waals surface area contributed by atoms with Gasteiger partial charge >= 0.3 is 6.03 Å². The van der Waals surface area contributed by atoms with Crippen LogP contribution in [0.2, 0.25) is 0 Å². The Balaban J connectivity index is 1.40. The van der Waals surface area contributed by atoms with Gasteiger partial charge in [0.15, 0.2) is 0 Å². The highest BCUT2D eigenvalue weighted by atomic mass is 16.2. The van der Waals surface area contributed by atoms with E-state index in [-0.39, 0.29) is 6.03 Å². The van der Waals surface area contributed by atoms with Crippen molar-refractivity contribution >= 4 is 23.3 Å². The van der Waals surface area contributed by atoms with Gasteiger partial charge in [-0.25, -0.2) is 4.79 Å². The first-order chi connectivity index (χ1) is 13.1. The number of rotatable bonds is 4. The molecule has 6 heteroatoms. The highest BCUT2D eigenvalue weighted by molar-refractivity contribution is 6.00. The average molecular weight is 360 g/mol. The van der Waals surface area contributed by atoms with E-state index in [2.05, 4.69) is 21.7 Å². The van der Waals surface area contributed by atoms with Gasteiger partial charge in [0, 0.05) is 17.1 Å². The van der Waals surface area contributed by atoms with Gasteiger partial charge in [-0.05, 0) is 72.4 Å². The number of aryl methyl sites for hydroxylation is 2. The lowest BCUT2D eigenvalue weighted by Gasteiger charge is -2.09. The van der Waals surface area contributed by atoms with Gasteiger partial charge in [0.2, 0.25) is 0 Å². The maximum absolute atomic E-state index is 12.2. The molecule has 0 bridgehead atoms. The number of benzene rings is 2. The van der Waals surface area contributed by atoms with Crippen molar-refractivity contribution < 1.29 is 9.59 Å². The molecule has 6 nitrogen and oxygen atoms in total. The van der Waals surface area contributed by atoms with Crippen LogP contribution in [0.5, 0.6) is 0 Å². The molecule has 3 aromatic rings. The Hall–Kier alpha value is -3.54. The second-order valence-corrected chi connectivity index (χ2v) is 6.64. The van der Waals surface area contributed by atoms with Crippen LogP contribution in [-0.4, -0.2) is 16.9 Å². The van der Waals surface area contributed by atoms with Crippen molar-refractivity contribution in [1.29, 1.82) is 0 Å². The van der Waals surface area contributed by atoms with Crippen molar-refractivity contribution in [3.8, 4) is 11.3 Å².